The van der Waals surface area contributed by atoms with Gasteiger partial charge < -0.3 is 0 Å². The van der Waals surface area contributed by atoms with Crippen molar-refractivity contribution in [1.29, 1.82) is 0 Å². The summed E-state index contributed by atoms with van der Waals surface area (Å²) in [5.74, 6) is 0.248. The molecular weight excluding hydrogens is 556 g/mol. The fourth-order valence-corrected chi connectivity index (χ4v) is 8.67. The molecule has 0 aromatic heterocycles. The van der Waals surface area contributed by atoms with E-state index < -0.39 is 10.8 Å². The molecule has 2 atom stereocenters. The highest BCUT2D eigenvalue weighted by Gasteiger charge is 2.56. The lowest BCUT2D eigenvalue weighted by Gasteiger charge is -2.46. The highest BCUT2D eigenvalue weighted by atomic mass is 16.1. The Labute approximate surface area is 271 Å². The van der Waals surface area contributed by atoms with E-state index in [9.17, 15) is 0 Å². The maximum Gasteiger partial charge on any atom is 0.163 e. The molecule has 6 aromatic rings. The van der Waals surface area contributed by atoms with Crippen molar-refractivity contribution < 1.29 is 4.79 Å². The minimum absolute atomic E-state index is 0.248. The van der Waals surface area contributed by atoms with Crippen molar-refractivity contribution in [3.05, 3.63) is 178 Å². The van der Waals surface area contributed by atoms with Crippen molar-refractivity contribution in [2.75, 3.05) is 0 Å². The Balaban J connectivity index is 1.52. The molecule has 0 saturated carbocycles. The Hall–Kier alpha value is -5.01. The molecule has 0 amide bonds. The van der Waals surface area contributed by atoms with Crippen LogP contribution in [0.15, 0.2) is 133 Å². The molecular formula is C45H38O. The van der Waals surface area contributed by atoms with Gasteiger partial charge in [0.25, 0.3) is 0 Å². The Morgan fingerprint density at radius 3 is 1.33 bits per heavy atom. The molecule has 2 aliphatic carbocycles. The average molecular weight is 595 g/mol. The minimum atomic E-state index is -0.903. The van der Waals surface area contributed by atoms with Crippen molar-refractivity contribution in [1.82, 2.24) is 0 Å². The number of carbonyl (C=O) groups is 1. The van der Waals surface area contributed by atoms with Crippen LogP contribution >= 0.6 is 0 Å². The molecule has 0 N–H and O–H groups in total. The van der Waals surface area contributed by atoms with Crippen LogP contribution in [0.1, 0.15) is 71.2 Å². The van der Waals surface area contributed by atoms with Crippen molar-refractivity contribution in [3.8, 4) is 0 Å². The number of ketones is 1. The van der Waals surface area contributed by atoms with Crippen molar-refractivity contribution >= 4 is 39.5 Å². The summed E-state index contributed by atoms with van der Waals surface area (Å²) in [5.41, 5.74) is 7.44. The van der Waals surface area contributed by atoms with Crippen molar-refractivity contribution in [2.45, 2.75) is 50.4 Å². The predicted molar refractivity (Wildman–Crippen MR) is 193 cm³/mol. The molecule has 224 valence electrons. The second kappa shape index (κ2) is 11.1. The van der Waals surface area contributed by atoms with Gasteiger partial charge in [-0.2, -0.15) is 0 Å². The third kappa shape index (κ3) is 3.97. The lowest BCUT2D eigenvalue weighted by atomic mass is 9.53. The molecule has 46 heavy (non-hydrogen) atoms. The molecule has 2 aliphatic rings. The number of Topliss-reactive ketones (excluding diaryl/α,β-unsaturated/α-hetero) is 1. The van der Waals surface area contributed by atoms with Gasteiger partial charge in [-0.3, -0.25) is 4.79 Å². The van der Waals surface area contributed by atoms with Gasteiger partial charge in [0.15, 0.2) is 5.78 Å². The van der Waals surface area contributed by atoms with Gasteiger partial charge in [-0.15, -0.1) is 0 Å². The summed E-state index contributed by atoms with van der Waals surface area (Å²) in [7, 11) is 0. The number of fused-ring (bicyclic) bond motifs is 4. The molecule has 0 fully saturated rings. The van der Waals surface area contributed by atoms with Gasteiger partial charge in [0.05, 0.1) is 10.8 Å². The molecule has 0 heterocycles. The number of rotatable bonds is 6. The van der Waals surface area contributed by atoms with E-state index in [1.54, 1.807) is 0 Å². The molecule has 8 rings (SSSR count). The number of carbonyl (C=O) groups excluding carboxylic acids is 1. The Morgan fingerprint density at radius 1 is 0.478 bits per heavy atom. The largest absolute Gasteiger partial charge is 0.297 e. The summed E-state index contributed by atoms with van der Waals surface area (Å²) in [6, 6.07) is 43.6. The van der Waals surface area contributed by atoms with Gasteiger partial charge in [0, 0.05) is 0 Å². The summed E-state index contributed by atoms with van der Waals surface area (Å²) in [5, 5.41) is 4.80. The zero-order valence-corrected chi connectivity index (χ0v) is 26.6. The second-order valence-electron chi connectivity index (χ2n) is 12.9. The van der Waals surface area contributed by atoms with Crippen LogP contribution in [0, 0.1) is 0 Å². The molecule has 0 bridgehead atoms. The van der Waals surface area contributed by atoms with Crippen LogP contribution in [0.5, 0.6) is 0 Å². The van der Waals surface area contributed by atoms with Crippen LogP contribution < -0.4 is 0 Å². The first-order chi connectivity index (χ1) is 22.6. The van der Waals surface area contributed by atoms with E-state index in [1.807, 2.05) is 0 Å². The number of hydrogen-bond acceptors (Lipinski definition) is 1. The van der Waals surface area contributed by atoms with E-state index in [0.29, 0.717) is 12.8 Å². The highest BCUT2D eigenvalue weighted by molar-refractivity contribution is 6.11. The monoisotopic (exact) mass is 594 g/mol. The van der Waals surface area contributed by atoms with E-state index in [4.69, 9.17) is 0 Å². The van der Waals surface area contributed by atoms with E-state index in [2.05, 4.69) is 159 Å². The first-order valence-electron chi connectivity index (χ1n) is 16.7. The van der Waals surface area contributed by atoms with Crippen molar-refractivity contribution in [3.63, 3.8) is 0 Å². The van der Waals surface area contributed by atoms with Gasteiger partial charge in [0.2, 0.25) is 0 Å². The quantitative estimate of drug-likeness (QED) is 0.187. The predicted octanol–water partition coefficient (Wildman–Crippen LogP) is 10.8. The van der Waals surface area contributed by atoms with E-state index in [1.165, 1.54) is 32.7 Å². The normalized spacial score (nSPS) is 20.0. The van der Waals surface area contributed by atoms with Gasteiger partial charge in [-0.25, -0.2) is 0 Å². The molecule has 2 unspecified atom stereocenters. The molecule has 1 nitrogen and oxygen atoms in total. The maximum atomic E-state index is 16.7. The Bertz CT molecular complexity index is 2060. The van der Waals surface area contributed by atoms with E-state index in [-0.39, 0.29) is 5.78 Å². The second-order valence-corrected chi connectivity index (χ2v) is 12.9. The summed E-state index contributed by atoms with van der Waals surface area (Å²) < 4.78 is 0. The highest BCUT2D eigenvalue weighted by Crippen LogP contribution is 2.54. The number of benzene rings is 6. The maximum absolute atomic E-state index is 16.7. The van der Waals surface area contributed by atoms with Gasteiger partial charge in [-0.05, 0) is 91.7 Å². The third-order valence-electron chi connectivity index (χ3n) is 10.8. The standard InChI is InChI=1S/C45H38O/c1-3-31-17-9-23-37-35(31)21-11-27-41(37)44(29-13-19-33-15-5-7-25-39(33)44)43(46)45(30-14-20-34-16-6-8-26-40(34)45)42-28-12-22-36-32(4-2)18-10-24-38(36)42/h5-28H,3-4,29-30H2,1-2H3. The number of allylic oxidation sites excluding steroid dienone is 2. The minimum Gasteiger partial charge on any atom is -0.297 e. The van der Waals surface area contributed by atoms with Gasteiger partial charge >= 0.3 is 0 Å². The van der Waals surface area contributed by atoms with Crippen LogP contribution in [0.4, 0.5) is 0 Å². The zero-order chi connectivity index (χ0) is 31.3. The molecule has 0 aliphatic heterocycles. The zero-order valence-electron chi connectivity index (χ0n) is 26.6. The molecule has 0 radical (unpaired) electrons. The molecule has 6 aromatic carbocycles. The smallest absolute Gasteiger partial charge is 0.163 e. The average Bonchev–Trinajstić information content (AvgIpc) is 3.13. The lowest BCUT2D eigenvalue weighted by Crippen LogP contribution is -2.52. The molecule has 0 spiro atoms. The topological polar surface area (TPSA) is 17.1 Å². The fraction of sp³-hybridized carbons (Fsp3) is 0.178. The summed E-state index contributed by atoms with van der Waals surface area (Å²) >= 11 is 0. The van der Waals surface area contributed by atoms with Crippen LogP contribution in [-0.4, -0.2) is 5.78 Å². The van der Waals surface area contributed by atoms with Gasteiger partial charge in [0.1, 0.15) is 0 Å². The third-order valence-corrected chi connectivity index (χ3v) is 10.8. The summed E-state index contributed by atoms with van der Waals surface area (Å²) in [6.07, 6.45) is 12.0. The van der Waals surface area contributed by atoms with E-state index in [0.717, 1.165) is 46.2 Å². The molecule has 0 saturated heterocycles. The first-order valence-corrected chi connectivity index (χ1v) is 16.7. The summed E-state index contributed by atoms with van der Waals surface area (Å²) in [4.78, 5) is 16.7. The molecule has 1 heteroatoms. The summed E-state index contributed by atoms with van der Waals surface area (Å²) in [6.45, 7) is 4.43. The first kappa shape index (κ1) is 28.5. The fourth-order valence-electron chi connectivity index (χ4n) is 8.67. The van der Waals surface area contributed by atoms with Crippen LogP contribution in [0.3, 0.4) is 0 Å². The Morgan fingerprint density at radius 2 is 0.870 bits per heavy atom. The number of hydrogen-bond donors (Lipinski definition) is 0. The Kier molecular flexibility index (Phi) is 6.87. The van der Waals surface area contributed by atoms with Crippen LogP contribution in [-0.2, 0) is 28.5 Å². The van der Waals surface area contributed by atoms with E-state index >= 15 is 4.79 Å². The van der Waals surface area contributed by atoms with Crippen molar-refractivity contribution in [2.24, 2.45) is 0 Å². The van der Waals surface area contributed by atoms with Crippen LogP contribution in [0.2, 0.25) is 0 Å². The lowest BCUT2D eigenvalue weighted by molar-refractivity contribution is -0.127. The number of aryl methyl sites for hydroxylation is 2. The van der Waals surface area contributed by atoms with Crippen LogP contribution in [0.25, 0.3) is 33.7 Å². The SMILES string of the molecule is CCc1cccc2c(C3(C(=O)C4(c5cccc6c(CC)cccc56)CC=Cc5ccccc54)CC=Cc4ccccc43)cccc12. The van der Waals surface area contributed by atoms with Gasteiger partial charge in [-0.1, -0.05) is 159 Å².